The fraction of sp³-hybridized carbons (Fsp3) is 0.368. The smallest absolute Gasteiger partial charge is 0.277 e. The number of hydrogen-bond donors (Lipinski definition) is 0. The van der Waals surface area contributed by atoms with Gasteiger partial charge in [-0.05, 0) is 25.1 Å². The van der Waals surface area contributed by atoms with Crippen molar-refractivity contribution in [3.05, 3.63) is 66.2 Å². The number of rotatable bonds is 6. The van der Waals surface area contributed by atoms with Gasteiger partial charge in [-0.3, -0.25) is 4.90 Å². The molecule has 0 radical (unpaired) electrons. The van der Waals surface area contributed by atoms with E-state index in [2.05, 4.69) is 4.90 Å². The molecule has 1 fully saturated rings. The topological polar surface area (TPSA) is 12.5 Å². The van der Waals surface area contributed by atoms with Crippen molar-refractivity contribution in [3.8, 4) is 5.75 Å². The third-order valence-corrected chi connectivity index (χ3v) is 4.36. The Labute approximate surface area is 135 Å². The van der Waals surface area contributed by atoms with Crippen LogP contribution in [0, 0.1) is 5.92 Å². The van der Waals surface area contributed by atoms with Crippen molar-refractivity contribution >= 4 is 0 Å². The van der Waals surface area contributed by atoms with E-state index in [1.165, 1.54) is 12.1 Å². The Bertz CT molecular complexity index is 603. The monoisotopic (exact) mass is 317 g/mol. The van der Waals surface area contributed by atoms with E-state index < -0.39 is 11.8 Å². The molecule has 2 nitrogen and oxygen atoms in total. The van der Waals surface area contributed by atoms with Crippen LogP contribution in [0.2, 0.25) is 0 Å². The number of nitrogens with zero attached hydrogens (tertiary/aromatic N) is 1. The molecule has 2 aromatic carbocycles. The number of ether oxygens (including phenoxy) is 1. The van der Waals surface area contributed by atoms with Crippen molar-refractivity contribution in [2.75, 3.05) is 26.2 Å². The second-order valence-corrected chi connectivity index (χ2v) is 5.94. The zero-order chi connectivity index (χ0) is 16.1. The first-order valence-electron chi connectivity index (χ1n) is 8.00. The molecule has 1 atom stereocenters. The highest BCUT2D eigenvalue weighted by Crippen LogP contribution is 2.40. The molecule has 0 N–H and O–H groups in total. The van der Waals surface area contributed by atoms with Gasteiger partial charge in [0.15, 0.2) is 0 Å². The summed E-state index contributed by atoms with van der Waals surface area (Å²) in [7, 11) is 0. The minimum atomic E-state index is -2.77. The lowest BCUT2D eigenvalue weighted by Crippen LogP contribution is -2.31. The maximum atomic E-state index is 14.6. The first kappa shape index (κ1) is 15.9. The standard InChI is InChI=1S/C19H21F2NO/c20-19(21,16-7-3-1-4-8-16)17-11-12-22(15-17)13-14-23-18-9-5-2-6-10-18/h1-10,17H,11-15H2. The molecular formula is C19H21F2NO. The molecule has 1 aliphatic rings. The van der Waals surface area contributed by atoms with E-state index in [9.17, 15) is 8.78 Å². The van der Waals surface area contributed by atoms with Gasteiger partial charge in [-0.1, -0.05) is 48.5 Å². The van der Waals surface area contributed by atoms with E-state index in [0.29, 0.717) is 32.7 Å². The average molecular weight is 317 g/mol. The Balaban J connectivity index is 1.50. The molecule has 1 saturated heterocycles. The lowest BCUT2D eigenvalue weighted by molar-refractivity contribution is -0.0610. The number of alkyl halides is 2. The van der Waals surface area contributed by atoms with Crippen molar-refractivity contribution in [1.29, 1.82) is 0 Å². The minimum Gasteiger partial charge on any atom is -0.492 e. The van der Waals surface area contributed by atoms with E-state index in [1.807, 2.05) is 30.3 Å². The summed E-state index contributed by atoms with van der Waals surface area (Å²) in [6.45, 7) is 2.31. The number of likely N-dealkylation sites (tertiary alicyclic amines) is 1. The first-order chi connectivity index (χ1) is 11.2. The van der Waals surface area contributed by atoms with E-state index >= 15 is 0 Å². The van der Waals surface area contributed by atoms with Crippen molar-refractivity contribution < 1.29 is 13.5 Å². The summed E-state index contributed by atoms with van der Waals surface area (Å²) < 4.78 is 34.8. The third kappa shape index (κ3) is 3.88. The van der Waals surface area contributed by atoms with Crippen LogP contribution in [-0.4, -0.2) is 31.1 Å². The van der Waals surface area contributed by atoms with Crippen LogP contribution < -0.4 is 4.74 Å². The van der Waals surface area contributed by atoms with Crippen molar-refractivity contribution in [3.63, 3.8) is 0 Å². The average Bonchev–Trinajstić information content (AvgIpc) is 3.06. The van der Waals surface area contributed by atoms with Crippen LogP contribution in [0.5, 0.6) is 5.75 Å². The SMILES string of the molecule is FC(F)(c1ccccc1)C1CCN(CCOc2ccccc2)C1. The Morgan fingerprint density at radius 3 is 2.35 bits per heavy atom. The molecule has 1 heterocycles. The highest BCUT2D eigenvalue weighted by molar-refractivity contribution is 5.22. The molecular weight excluding hydrogens is 296 g/mol. The van der Waals surface area contributed by atoms with Gasteiger partial charge in [-0.25, -0.2) is 8.78 Å². The van der Waals surface area contributed by atoms with Gasteiger partial charge >= 0.3 is 0 Å². The molecule has 0 bridgehead atoms. The number of para-hydroxylation sites is 1. The van der Waals surface area contributed by atoms with Gasteiger partial charge in [0, 0.05) is 24.6 Å². The molecule has 23 heavy (non-hydrogen) atoms. The second-order valence-electron chi connectivity index (χ2n) is 5.94. The van der Waals surface area contributed by atoms with Crippen LogP contribution in [-0.2, 0) is 5.92 Å². The molecule has 1 aliphatic heterocycles. The maximum absolute atomic E-state index is 14.6. The van der Waals surface area contributed by atoms with Gasteiger partial charge in [-0.15, -0.1) is 0 Å². The molecule has 3 rings (SSSR count). The highest BCUT2D eigenvalue weighted by Gasteiger charge is 2.44. The van der Waals surface area contributed by atoms with E-state index in [-0.39, 0.29) is 5.56 Å². The summed E-state index contributed by atoms with van der Waals surface area (Å²) in [5.41, 5.74) is 0.118. The van der Waals surface area contributed by atoms with Gasteiger partial charge in [0.2, 0.25) is 0 Å². The van der Waals surface area contributed by atoms with Crippen LogP contribution >= 0.6 is 0 Å². The van der Waals surface area contributed by atoms with Gasteiger partial charge in [0.1, 0.15) is 12.4 Å². The fourth-order valence-electron chi connectivity index (χ4n) is 3.04. The van der Waals surface area contributed by atoms with Gasteiger partial charge in [-0.2, -0.15) is 0 Å². The minimum absolute atomic E-state index is 0.118. The molecule has 4 heteroatoms. The Hall–Kier alpha value is -1.94. The first-order valence-corrected chi connectivity index (χ1v) is 8.00. The molecule has 0 spiro atoms. The normalized spacial score (nSPS) is 19.0. The predicted octanol–water partition coefficient (Wildman–Crippen LogP) is 4.18. The molecule has 1 unspecified atom stereocenters. The summed E-state index contributed by atoms with van der Waals surface area (Å²) in [6, 6.07) is 17.7. The largest absolute Gasteiger partial charge is 0.492 e. The molecule has 0 amide bonds. The highest BCUT2D eigenvalue weighted by atomic mass is 19.3. The maximum Gasteiger partial charge on any atom is 0.277 e. The van der Waals surface area contributed by atoms with Gasteiger partial charge in [0.25, 0.3) is 5.92 Å². The van der Waals surface area contributed by atoms with Crippen molar-refractivity contribution in [1.82, 2.24) is 4.90 Å². The second kappa shape index (κ2) is 7.09. The third-order valence-electron chi connectivity index (χ3n) is 4.36. The summed E-state index contributed by atoms with van der Waals surface area (Å²) in [5.74, 6) is -2.57. The van der Waals surface area contributed by atoms with Crippen molar-refractivity contribution in [2.24, 2.45) is 5.92 Å². The molecule has 122 valence electrons. The molecule has 0 aromatic heterocycles. The predicted molar refractivity (Wildman–Crippen MR) is 86.8 cm³/mol. The summed E-state index contributed by atoms with van der Waals surface area (Å²) >= 11 is 0. The zero-order valence-corrected chi connectivity index (χ0v) is 13.0. The number of hydrogen-bond acceptors (Lipinski definition) is 2. The number of halogens is 2. The van der Waals surface area contributed by atoms with E-state index in [0.717, 1.165) is 5.75 Å². The van der Waals surface area contributed by atoms with E-state index in [1.54, 1.807) is 18.2 Å². The molecule has 0 aliphatic carbocycles. The van der Waals surface area contributed by atoms with E-state index in [4.69, 9.17) is 4.74 Å². The Kier molecular flexibility index (Phi) is 4.91. The zero-order valence-electron chi connectivity index (χ0n) is 13.0. The van der Waals surface area contributed by atoms with Crippen molar-refractivity contribution in [2.45, 2.75) is 12.3 Å². The lowest BCUT2D eigenvalue weighted by Gasteiger charge is -2.24. The number of benzene rings is 2. The summed E-state index contributed by atoms with van der Waals surface area (Å²) in [4.78, 5) is 2.06. The fourth-order valence-corrected chi connectivity index (χ4v) is 3.04. The summed E-state index contributed by atoms with van der Waals surface area (Å²) in [6.07, 6.45) is 0.521. The summed E-state index contributed by atoms with van der Waals surface area (Å²) in [5, 5.41) is 0. The van der Waals surface area contributed by atoms with Crippen LogP contribution in [0.25, 0.3) is 0 Å². The molecule has 2 aromatic rings. The van der Waals surface area contributed by atoms with Gasteiger partial charge in [0.05, 0.1) is 0 Å². The quantitative estimate of drug-likeness (QED) is 0.792. The van der Waals surface area contributed by atoms with Crippen LogP contribution in [0.15, 0.2) is 60.7 Å². The lowest BCUT2D eigenvalue weighted by atomic mass is 9.94. The molecule has 0 saturated carbocycles. The Morgan fingerprint density at radius 1 is 1.00 bits per heavy atom. The van der Waals surface area contributed by atoms with Crippen LogP contribution in [0.3, 0.4) is 0 Å². The van der Waals surface area contributed by atoms with Gasteiger partial charge < -0.3 is 4.74 Å². The Morgan fingerprint density at radius 2 is 1.65 bits per heavy atom. The van der Waals surface area contributed by atoms with Crippen LogP contribution in [0.1, 0.15) is 12.0 Å². The van der Waals surface area contributed by atoms with Crippen LogP contribution in [0.4, 0.5) is 8.78 Å².